The van der Waals surface area contributed by atoms with Crippen molar-refractivity contribution in [3.05, 3.63) is 90.0 Å². The Balaban J connectivity index is 1.79. The Labute approximate surface area is 169 Å². The molecule has 6 nitrogen and oxygen atoms in total. The summed E-state index contributed by atoms with van der Waals surface area (Å²) in [5.41, 5.74) is 2.68. The largest absolute Gasteiger partial charge is 0.508 e. The van der Waals surface area contributed by atoms with E-state index in [9.17, 15) is 14.7 Å². The van der Waals surface area contributed by atoms with Crippen molar-refractivity contribution in [2.45, 2.75) is 12.5 Å². The minimum absolute atomic E-state index is 0.133. The van der Waals surface area contributed by atoms with Gasteiger partial charge in [0.05, 0.1) is 18.4 Å². The molecule has 3 N–H and O–H groups in total. The summed E-state index contributed by atoms with van der Waals surface area (Å²) in [5, 5.41) is 15.4. The summed E-state index contributed by atoms with van der Waals surface area (Å²) in [7, 11) is 1.28. The molecule has 0 aromatic heterocycles. The number of phenols is 1. The van der Waals surface area contributed by atoms with Crippen molar-refractivity contribution in [1.82, 2.24) is 5.32 Å². The number of hydrogen-bond donors (Lipinski definition) is 3. The van der Waals surface area contributed by atoms with E-state index in [1.54, 1.807) is 30.3 Å². The molecule has 29 heavy (non-hydrogen) atoms. The number of amides is 1. The average molecular weight is 390 g/mol. The number of esters is 1. The quantitative estimate of drug-likeness (QED) is 0.536. The molecule has 1 amide bonds. The van der Waals surface area contributed by atoms with Crippen LogP contribution >= 0.6 is 0 Å². The Bertz CT molecular complexity index is 972. The number of hydrogen-bond acceptors (Lipinski definition) is 5. The van der Waals surface area contributed by atoms with Gasteiger partial charge in [0.1, 0.15) is 11.8 Å². The molecule has 0 bridgehead atoms. The van der Waals surface area contributed by atoms with Crippen molar-refractivity contribution in [2.24, 2.45) is 0 Å². The van der Waals surface area contributed by atoms with E-state index in [0.717, 1.165) is 11.3 Å². The number of ether oxygens (including phenoxy) is 1. The highest BCUT2D eigenvalue weighted by molar-refractivity contribution is 6.02. The lowest BCUT2D eigenvalue weighted by atomic mass is 10.0. The molecule has 3 aromatic carbocycles. The van der Waals surface area contributed by atoms with Crippen LogP contribution in [0.5, 0.6) is 5.75 Å². The summed E-state index contributed by atoms with van der Waals surface area (Å²) in [5.74, 6) is -0.800. The van der Waals surface area contributed by atoms with Gasteiger partial charge < -0.3 is 20.5 Å². The lowest BCUT2D eigenvalue weighted by molar-refractivity contribution is -0.142. The molecule has 3 rings (SSSR count). The van der Waals surface area contributed by atoms with Gasteiger partial charge in [-0.15, -0.1) is 0 Å². The molecule has 0 saturated carbocycles. The third-order valence-corrected chi connectivity index (χ3v) is 4.39. The van der Waals surface area contributed by atoms with E-state index >= 15 is 0 Å². The van der Waals surface area contributed by atoms with Gasteiger partial charge in [0.15, 0.2) is 0 Å². The number of benzene rings is 3. The van der Waals surface area contributed by atoms with Crippen molar-refractivity contribution in [3.8, 4) is 5.75 Å². The number of nitrogens with one attached hydrogen (secondary N) is 2. The van der Waals surface area contributed by atoms with Crippen LogP contribution in [0, 0.1) is 0 Å². The van der Waals surface area contributed by atoms with Gasteiger partial charge in [-0.1, -0.05) is 42.5 Å². The number of methoxy groups -OCH3 is 1. The fourth-order valence-electron chi connectivity index (χ4n) is 2.91. The molecule has 0 unspecified atom stereocenters. The zero-order chi connectivity index (χ0) is 20.6. The highest BCUT2D eigenvalue weighted by Crippen LogP contribution is 2.21. The predicted molar refractivity (Wildman–Crippen MR) is 111 cm³/mol. The monoisotopic (exact) mass is 390 g/mol. The zero-order valence-electron chi connectivity index (χ0n) is 16.0. The van der Waals surface area contributed by atoms with E-state index in [1.807, 2.05) is 36.4 Å². The maximum Gasteiger partial charge on any atom is 0.328 e. The average Bonchev–Trinajstić information content (AvgIpc) is 2.75. The van der Waals surface area contributed by atoms with E-state index < -0.39 is 17.9 Å². The van der Waals surface area contributed by atoms with E-state index in [-0.39, 0.29) is 12.2 Å². The van der Waals surface area contributed by atoms with Crippen LogP contribution < -0.4 is 10.6 Å². The molecule has 0 aliphatic heterocycles. The first-order chi connectivity index (χ1) is 14.1. The molecule has 1 atom stereocenters. The molecular formula is C23H22N2O4. The Morgan fingerprint density at radius 1 is 0.931 bits per heavy atom. The minimum atomic E-state index is -0.859. The van der Waals surface area contributed by atoms with Gasteiger partial charge in [0.25, 0.3) is 5.91 Å². The van der Waals surface area contributed by atoms with E-state index in [1.165, 1.54) is 19.2 Å². The molecule has 3 aromatic rings. The lowest BCUT2D eigenvalue weighted by Crippen LogP contribution is -2.43. The fraction of sp³-hybridized carbons (Fsp3) is 0.130. The molecule has 0 saturated heterocycles. The molecule has 0 fully saturated rings. The summed E-state index contributed by atoms with van der Waals surface area (Å²) < 4.78 is 4.85. The number of carbonyl (C=O) groups is 2. The van der Waals surface area contributed by atoms with Crippen molar-refractivity contribution in [1.29, 1.82) is 0 Å². The van der Waals surface area contributed by atoms with Gasteiger partial charge in [-0.3, -0.25) is 4.79 Å². The second-order valence-corrected chi connectivity index (χ2v) is 6.46. The normalized spacial score (nSPS) is 11.3. The number of phenolic OH excluding ortho intramolecular Hbond substituents is 1. The first-order valence-corrected chi connectivity index (χ1v) is 9.14. The lowest BCUT2D eigenvalue weighted by Gasteiger charge is -2.18. The Morgan fingerprint density at radius 3 is 2.28 bits per heavy atom. The molecule has 0 heterocycles. The standard InChI is InChI=1S/C23H22N2O4/c1-29-23(28)21(15-16-11-13-18(26)14-12-16)25-22(27)19-9-5-6-10-20(19)24-17-7-3-2-4-8-17/h2-14,21,24,26H,15H2,1H3,(H,25,27)/t21-/m0/s1. The van der Waals surface area contributed by atoms with Gasteiger partial charge in [0, 0.05) is 12.1 Å². The number of para-hydroxylation sites is 2. The van der Waals surface area contributed by atoms with Crippen molar-refractivity contribution >= 4 is 23.3 Å². The molecule has 0 aliphatic rings. The second kappa shape index (κ2) is 9.41. The van der Waals surface area contributed by atoms with Crippen molar-refractivity contribution in [2.75, 3.05) is 12.4 Å². The Hall–Kier alpha value is -3.80. The number of carbonyl (C=O) groups excluding carboxylic acids is 2. The van der Waals surface area contributed by atoms with Crippen molar-refractivity contribution in [3.63, 3.8) is 0 Å². The summed E-state index contributed by atoms with van der Waals surface area (Å²) in [6, 6.07) is 22.2. The van der Waals surface area contributed by atoms with Crippen LogP contribution in [0.15, 0.2) is 78.9 Å². The number of aromatic hydroxyl groups is 1. The first kappa shape index (κ1) is 19.9. The summed E-state index contributed by atoms with van der Waals surface area (Å²) >= 11 is 0. The fourth-order valence-corrected chi connectivity index (χ4v) is 2.91. The molecule has 148 valence electrons. The SMILES string of the molecule is COC(=O)[C@H](Cc1ccc(O)cc1)NC(=O)c1ccccc1Nc1ccccc1. The van der Waals surface area contributed by atoms with Crippen LogP contribution in [0.3, 0.4) is 0 Å². The number of rotatable bonds is 7. The van der Waals surface area contributed by atoms with E-state index in [2.05, 4.69) is 10.6 Å². The maximum atomic E-state index is 12.9. The van der Waals surface area contributed by atoms with Gasteiger partial charge in [-0.2, -0.15) is 0 Å². The third-order valence-electron chi connectivity index (χ3n) is 4.39. The van der Waals surface area contributed by atoms with Gasteiger partial charge in [-0.05, 0) is 42.0 Å². The van der Waals surface area contributed by atoms with Crippen LogP contribution in [0.2, 0.25) is 0 Å². The van der Waals surface area contributed by atoms with Crippen LogP contribution in [-0.2, 0) is 16.0 Å². The summed E-state index contributed by atoms with van der Waals surface area (Å²) in [4.78, 5) is 25.2. The van der Waals surface area contributed by atoms with Crippen LogP contribution in [0.25, 0.3) is 0 Å². The molecule has 6 heteroatoms. The highest BCUT2D eigenvalue weighted by Gasteiger charge is 2.23. The Morgan fingerprint density at radius 2 is 1.59 bits per heavy atom. The molecule has 0 aliphatic carbocycles. The molecular weight excluding hydrogens is 368 g/mol. The third kappa shape index (κ3) is 5.35. The first-order valence-electron chi connectivity index (χ1n) is 9.14. The van der Waals surface area contributed by atoms with Crippen LogP contribution in [0.1, 0.15) is 15.9 Å². The van der Waals surface area contributed by atoms with Gasteiger partial charge in [-0.25, -0.2) is 4.79 Å². The van der Waals surface area contributed by atoms with Crippen LogP contribution in [0.4, 0.5) is 11.4 Å². The van der Waals surface area contributed by atoms with Gasteiger partial charge >= 0.3 is 5.97 Å². The van der Waals surface area contributed by atoms with Crippen molar-refractivity contribution < 1.29 is 19.4 Å². The molecule has 0 spiro atoms. The van der Waals surface area contributed by atoms with E-state index in [0.29, 0.717) is 11.3 Å². The van der Waals surface area contributed by atoms with Gasteiger partial charge in [0.2, 0.25) is 0 Å². The maximum absolute atomic E-state index is 12.9. The topological polar surface area (TPSA) is 87.7 Å². The smallest absolute Gasteiger partial charge is 0.328 e. The minimum Gasteiger partial charge on any atom is -0.508 e. The Kier molecular flexibility index (Phi) is 6.47. The summed E-state index contributed by atoms with van der Waals surface area (Å²) in [6.07, 6.45) is 0.243. The van der Waals surface area contributed by atoms with E-state index in [4.69, 9.17) is 4.74 Å². The zero-order valence-corrected chi connectivity index (χ0v) is 16.0. The number of anilines is 2. The highest BCUT2D eigenvalue weighted by atomic mass is 16.5. The second-order valence-electron chi connectivity index (χ2n) is 6.46. The molecule has 0 radical (unpaired) electrons. The predicted octanol–water partition coefficient (Wildman–Crippen LogP) is 3.65. The van der Waals surface area contributed by atoms with Crippen LogP contribution in [-0.4, -0.2) is 30.1 Å². The summed E-state index contributed by atoms with van der Waals surface area (Å²) in [6.45, 7) is 0.